The molecule has 0 aromatic heterocycles. The molecule has 7 heteroatoms. The zero-order chi connectivity index (χ0) is 22.4. The Morgan fingerprint density at radius 2 is 1.81 bits per heavy atom. The Morgan fingerprint density at radius 3 is 2.45 bits per heavy atom. The highest BCUT2D eigenvalue weighted by Crippen LogP contribution is 2.37. The number of benzene rings is 2. The molecule has 0 N–H and O–H groups in total. The summed E-state index contributed by atoms with van der Waals surface area (Å²) in [5.41, 5.74) is 1.60. The number of anilines is 1. The maximum atomic E-state index is 13.1. The van der Waals surface area contributed by atoms with Crippen LogP contribution in [0.4, 0.5) is 5.69 Å². The highest BCUT2D eigenvalue weighted by Gasteiger charge is 2.24. The lowest BCUT2D eigenvalue weighted by molar-refractivity contribution is 0.0746. The van der Waals surface area contributed by atoms with Gasteiger partial charge in [-0.1, -0.05) is 31.5 Å². The first-order valence-electron chi connectivity index (χ1n) is 10.6. The summed E-state index contributed by atoms with van der Waals surface area (Å²) in [6, 6.07) is 11.4. The van der Waals surface area contributed by atoms with Crippen LogP contribution in [0.1, 0.15) is 30.6 Å². The molecule has 2 aromatic rings. The SMILES string of the molecule is COc1cccc(N2CCN(C(=O)c3cc(Cl)c(OCCC(C)C)c(OC)c3)CC2)c1. The first kappa shape index (κ1) is 23.1. The van der Waals surface area contributed by atoms with E-state index in [1.807, 2.05) is 23.1 Å². The number of hydrogen-bond acceptors (Lipinski definition) is 5. The Bertz CT molecular complexity index is 895. The van der Waals surface area contributed by atoms with E-state index in [4.69, 9.17) is 25.8 Å². The maximum absolute atomic E-state index is 13.1. The third-order valence-electron chi connectivity index (χ3n) is 5.40. The normalized spacial score (nSPS) is 14.0. The molecule has 0 unspecified atom stereocenters. The molecule has 1 fully saturated rings. The molecule has 0 aliphatic carbocycles. The number of hydrogen-bond donors (Lipinski definition) is 0. The number of piperazine rings is 1. The van der Waals surface area contributed by atoms with Crippen molar-refractivity contribution < 1.29 is 19.0 Å². The van der Waals surface area contributed by atoms with Crippen LogP contribution >= 0.6 is 11.6 Å². The van der Waals surface area contributed by atoms with Gasteiger partial charge in [0.15, 0.2) is 11.5 Å². The molecule has 2 aromatic carbocycles. The summed E-state index contributed by atoms with van der Waals surface area (Å²) in [6.45, 7) is 7.58. The Morgan fingerprint density at radius 1 is 1.06 bits per heavy atom. The Labute approximate surface area is 189 Å². The fourth-order valence-electron chi connectivity index (χ4n) is 3.54. The van der Waals surface area contributed by atoms with E-state index in [9.17, 15) is 4.79 Å². The van der Waals surface area contributed by atoms with Gasteiger partial charge in [0.2, 0.25) is 0 Å². The Balaban J connectivity index is 1.66. The van der Waals surface area contributed by atoms with Gasteiger partial charge in [0.1, 0.15) is 5.75 Å². The van der Waals surface area contributed by atoms with Crippen molar-refractivity contribution in [3.63, 3.8) is 0 Å². The van der Waals surface area contributed by atoms with Crippen LogP contribution < -0.4 is 19.1 Å². The topological polar surface area (TPSA) is 51.2 Å². The molecule has 1 aliphatic heterocycles. The zero-order valence-electron chi connectivity index (χ0n) is 18.7. The van der Waals surface area contributed by atoms with Crippen molar-refractivity contribution in [2.45, 2.75) is 20.3 Å². The molecule has 0 spiro atoms. The minimum Gasteiger partial charge on any atom is -0.497 e. The quantitative estimate of drug-likeness (QED) is 0.586. The standard InChI is InChI=1S/C24H31ClN2O4/c1-17(2)8-13-31-23-21(25)14-18(15-22(23)30-4)24(28)27-11-9-26(10-12-27)19-6-5-7-20(16-19)29-3/h5-7,14-17H,8-13H2,1-4H3. The third-order valence-corrected chi connectivity index (χ3v) is 5.68. The van der Waals surface area contributed by atoms with E-state index in [0.717, 1.165) is 30.9 Å². The molecule has 0 atom stereocenters. The van der Waals surface area contributed by atoms with Crippen LogP contribution in [0.5, 0.6) is 17.2 Å². The molecule has 1 heterocycles. The molecule has 0 bridgehead atoms. The van der Waals surface area contributed by atoms with Gasteiger partial charge in [-0.05, 0) is 36.6 Å². The average molecular weight is 447 g/mol. The minimum atomic E-state index is -0.0563. The lowest BCUT2D eigenvalue weighted by Gasteiger charge is -2.36. The summed E-state index contributed by atoms with van der Waals surface area (Å²) < 4.78 is 16.6. The molecule has 6 nitrogen and oxygen atoms in total. The second-order valence-electron chi connectivity index (χ2n) is 8.00. The van der Waals surface area contributed by atoms with Crippen LogP contribution in [0.15, 0.2) is 36.4 Å². The number of carbonyl (C=O) groups excluding carboxylic acids is 1. The Kier molecular flexibility index (Phi) is 7.91. The van der Waals surface area contributed by atoms with Gasteiger partial charge >= 0.3 is 0 Å². The monoisotopic (exact) mass is 446 g/mol. The largest absolute Gasteiger partial charge is 0.497 e. The number of amides is 1. The van der Waals surface area contributed by atoms with Crippen molar-refractivity contribution in [3.05, 3.63) is 47.0 Å². The molecule has 0 saturated carbocycles. The van der Waals surface area contributed by atoms with Crippen LogP contribution in [0, 0.1) is 5.92 Å². The average Bonchev–Trinajstić information content (AvgIpc) is 2.79. The second kappa shape index (κ2) is 10.6. The van der Waals surface area contributed by atoms with E-state index in [1.54, 1.807) is 26.4 Å². The first-order valence-corrected chi connectivity index (χ1v) is 11.0. The Hall–Kier alpha value is -2.60. The van der Waals surface area contributed by atoms with Crippen molar-refractivity contribution >= 4 is 23.2 Å². The maximum Gasteiger partial charge on any atom is 0.254 e. The molecule has 1 saturated heterocycles. The number of ether oxygens (including phenoxy) is 3. The van der Waals surface area contributed by atoms with E-state index in [1.165, 1.54) is 0 Å². The summed E-state index contributed by atoms with van der Waals surface area (Å²) in [5.74, 6) is 2.27. The van der Waals surface area contributed by atoms with Gasteiger partial charge in [-0.2, -0.15) is 0 Å². The molecule has 168 valence electrons. The summed E-state index contributed by atoms with van der Waals surface area (Å²) in [7, 11) is 3.22. The summed E-state index contributed by atoms with van der Waals surface area (Å²) >= 11 is 6.45. The van der Waals surface area contributed by atoms with Gasteiger partial charge in [0, 0.05) is 43.5 Å². The van der Waals surface area contributed by atoms with Crippen LogP contribution in [0.3, 0.4) is 0 Å². The molecule has 3 rings (SSSR count). The number of rotatable bonds is 8. The van der Waals surface area contributed by atoms with E-state index >= 15 is 0 Å². The van der Waals surface area contributed by atoms with E-state index in [-0.39, 0.29) is 5.91 Å². The molecular formula is C24H31ClN2O4. The fourth-order valence-corrected chi connectivity index (χ4v) is 3.80. The van der Waals surface area contributed by atoms with Crippen molar-refractivity contribution in [1.29, 1.82) is 0 Å². The predicted octanol–water partition coefficient (Wildman–Crippen LogP) is 4.74. The van der Waals surface area contributed by atoms with Crippen LogP contribution in [-0.2, 0) is 0 Å². The van der Waals surface area contributed by atoms with Crippen molar-refractivity contribution in [1.82, 2.24) is 4.90 Å². The van der Waals surface area contributed by atoms with Gasteiger partial charge in [-0.3, -0.25) is 4.79 Å². The number of methoxy groups -OCH3 is 2. The van der Waals surface area contributed by atoms with Crippen molar-refractivity contribution in [2.24, 2.45) is 5.92 Å². The van der Waals surface area contributed by atoms with E-state index in [0.29, 0.717) is 47.7 Å². The van der Waals surface area contributed by atoms with Gasteiger partial charge in [0.25, 0.3) is 5.91 Å². The van der Waals surface area contributed by atoms with Gasteiger partial charge < -0.3 is 24.0 Å². The molecule has 1 aliphatic rings. The molecule has 1 amide bonds. The minimum absolute atomic E-state index is 0.0563. The molecular weight excluding hydrogens is 416 g/mol. The van der Waals surface area contributed by atoms with Gasteiger partial charge in [-0.25, -0.2) is 0 Å². The van der Waals surface area contributed by atoms with Crippen molar-refractivity contribution in [3.8, 4) is 17.2 Å². The smallest absolute Gasteiger partial charge is 0.254 e. The second-order valence-corrected chi connectivity index (χ2v) is 8.41. The lowest BCUT2D eigenvalue weighted by Crippen LogP contribution is -2.48. The first-order chi connectivity index (χ1) is 14.9. The van der Waals surface area contributed by atoms with Gasteiger partial charge in [-0.15, -0.1) is 0 Å². The summed E-state index contributed by atoms with van der Waals surface area (Å²) in [6.07, 6.45) is 0.914. The van der Waals surface area contributed by atoms with Crippen LogP contribution in [0.25, 0.3) is 0 Å². The predicted molar refractivity (Wildman–Crippen MR) is 124 cm³/mol. The third kappa shape index (κ3) is 5.76. The molecule has 31 heavy (non-hydrogen) atoms. The summed E-state index contributed by atoms with van der Waals surface area (Å²) in [4.78, 5) is 17.2. The van der Waals surface area contributed by atoms with E-state index < -0.39 is 0 Å². The lowest BCUT2D eigenvalue weighted by atomic mass is 10.1. The van der Waals surface area contributed by atoms with E-state index in [2.05, 4.69) is 24.8 Å². The number of nitrogens with zero attached hydrogens (tertiary/aromatic N) is 2. The summed E-state index contributed by atoms with van der Waals surface area (Å²) in [5, 5.41) is 0.390. The zero-order valence-corrected chi connectivity index (χ0v) is 19.4. The van der Waals surface area contributed by atoms with Crippen LogP contribution in [0.2, 0.25) is 5.02 Å². The van der Waals surface area contributed by atoms with Crippen molar-refractivity contribution in [2.75, 3.05) is 51.9 Å². The van der Waals surface area contributed by atoms with Crippen LogP contribution in [-0.4, -0.2) is 57.8 Å². The fraction of sp³-hybridized carbons (Fsp3) is 0.458. The molecule has 0 radical (unpaired) electrons. The number of halogens is 1. The highest BCUT2D eigenvalue weighted by molar-refractivity contribution is 6.32. The highest BCUT2D eigenvalue weighted by atomic mass is 35.5. The van der Waals surface area contributed by atoms with Gasteiger partial charge in [0.05, 0.1) is 25.8 Å². The number of carbonyl (C=O) groups is 1.